The Morgan fingerprint density at radius 3 is 2.80 bits per heavy atom. The molecule has 1 heterocycles. The summed E-state index contributed by atoms with van der Waals surface area (Å²) in [5.74, 6) is -0.502. The van der Waals surface area contributed by atoms with Gasteiger partial charge in [0, 0.05) is 21.7 Å². The smallest absolute Gasteiger partial charge is 0.182 e. The summed E-state index contributed by atoms with van der Waals surface area (Å²) >= 11 is 3.42. The van der Waals surface area contributed by atoms with E-state index in [0.717, 1.165) is 15.4 Å². The van der Waals surface area contributed by atoms with Crippen molar-refractivity contribution < 1.29 is 9.18 Å². The minimum absolute atomic E-state index is 0.109. The molecule has 0 bridgehead atoms. The highest BCUT2D eigenvalue weighted by molar-refractivity contribution is 9.10. The van der Waals surface area contributed by atoms with Crippen LogP contribution in [0, 0.1) is 5.82 Å². The second-order valence-electron chi connectivity index (χ2n) is 4.58. The van der Waals surface area contributed by atoms with Crippen molar-refractivity contribution in [3.05, 3.63) is 70.6 Å². The van der Waals surface area contributed by atoms with E-state index in [-0.39, 0.29) is 12.3 Å². The highest BCUT2D eigenvalue weighted by atomic mass is 79.9. The zero-order valence-corrected chi connectivity index (χ0v) is 12.1. The minimum atomic E-state index is -0.393. The van der Waals surface area contributed by atoms with Crippen molar-refractivity contribution in [2.75, 3.05) is 0 Å². The molecule has 3 aromatic rings. The average Bonchev–Trinajstić information content (AvgIpc) is 2.81. The lowest BCUT2D eigenvalue weighted by molar-refractivity contribution is 0.0973. The number of carbonyl (C=O) groups excluding carboxylic acids is 1. The average molecular weight is 332 g/mol. The molecule has 0 spiro atoms. The summed E-state index contributed by atoms with van der Waals surface area (Å²) in [6.45, 7) is 0.198. The van der Waals surface area contributed by atoms with Crippen molar-refractivity contribution in [2.24, 2.45) is 0 Å². The van der Waals surface area contributed by atoms with E-state index >= 15 is 0 Å². The Kier molecular flexibility index (Phi) is 3.40. The lowest BCUT2D eigenvalue weighted by Gasteiger charge is -2.05. The van der Waals surface area contributed by atoms with Gasteiger partial charge in [-0.2, -0.15) is 0 Å². The van der Waals surface area contributed by atoms with E-state index in [1.165, 1.54) is 12.1 Å². The first kappa shape index (κ1) is 13.1. The third kappa shape index (κ3) is 2.51. The first-order valence-corrected chi connectivity index (χ1v) is 6.96. The van der Waals surface area contributed by atoms with E-state index in [0.29, 0.717) is 5.56 Å². The molecule has 20 heavy (non-hydrogen) atoms. The summed E-state index contributed by atoms with van der Waals surface area (Å²) < 4.78 is 16.0. The molecular formula is C16H11BrFNO. The number of ketones is 1. The number of fused-ring (bicyclic) bond motifs is 1. The van der Waals surface area contributed by atoms with Gasteiger partial charge in [0.15, 0.2) is 5.78 Å². The maximum atomic E-state index is 13.1. The molecule has 0 atom stereocenters. The number of hydrogen-bond donors (Lipinski definition) is 0. The zero-order valence-electron chi connectivity index (χ0n) is 10.5. The molecule has 0 radical (unpaired) electrons. The SMILES string of the molecule is O=C(Cn1ccc2ccc(Br)cc21)c1cccc(F)c1. The summed E-state index contributed by atoms with van der Waals surface area (Å²) in [7, 11) is 0. The van der Waals surface area contributed by atoms with E-state index in [2.05, 4.69) is 15.9 Å². The van der Waals surface area contributed by atoms with Crippen LogP contribution >= 0.6 is 15.9 Å². The Morgan fingerprint density at radius 1 is 1.15 bits per heavy atom. The van der Waals surface area contributed by atoms with Crippen LogP contribution in [-0.4, -0.2) is 10.4 Å². The molecule has 100 valence electrons. The molecule has 3 rings (SSSR count). The molecule has 0 fully saturated rings. The monoisotopic (exact) mass is 331 g/mol. The third-order valence-electron chi connectivity index (χ3n) is 3.20. The molecule has 0 N–H and O–H groups in total. The Morgan fingerprint density at radius 2 is 2.00 bits per heavy atom. The van der Waals surface area contributed by atoms with Crippen LogP contribution in [0.3, 0.4) is 0 Å². The number of carbonyl (C=O) groups is 1. The van der Waals surface area contributed by atoms with Crippen LogP contribution in [0.25, 0.3) is 10.9 Å². The summed E-state index contributed by atoms with van der Waals surface area (Å²) in [5, 5.41) is 1.07. The number of benzene rings is 2. The van der Waals surface area contributed by atoms with Gasteiger partial charge in [-0.1, -0.05) is 34.1 Å². The molecule has 0 amide bonds. The Hall–Kier alpha value is -1.94. The van der Waals surface area contributed by atoms with Gasteiger partial charge in [-0.15, -0.1) is 0 Å². The van der Waals surface area contributed by atoms with Gasteiger partial charge in [-0.05, 0) is 35.7 Å². The lowest BCUT2D eigenvalue weighted by atomic mass is 10.1. The van der Waals surface area contributed by atoms with Crippen LogP contribution in [0.1, 0.15) is 10.4 Å². The number of rotatable bonds is 3. The van der Waals surface area contributed by atoms with Crippen molar-refractivity contribution in [2.45, 2.75) is 6.54 Å². The summed E-state index contributed by atoms with van der Waals surface area (Å²) in [6, 6.07) is 13.7. The Bertz CT molecular complexity index is 794. The molecule has 0 aliphatic heterocycles. The van der Waals surface area contributed by atoms with Crippen molar-refractivity contribution in [3.8, 4) is 0 Å². The topological polar surface area (TPSA) is 22.0 Å². The van der Waals surface area contributed by atoms with Crippen molar-refractivity contribution in [1.29, 1.82) is 0 Å². The number of hydrogen-bond acceptors (Lipinski definition) is 1. The molecule has 2 nitrogen and oxygen atoms in total. The molecule has 2 aromatic carbocycles. The largest absolute Gasteiger partial charge is 0.340 e. The van der Waals surface area contributed by atoms with Gasteiger partial charge >= 0.3 is 0 Å². The predicted octanol–water partition coefficient (Wildman–Crippen LogP) is 4.43. The fraction of sp³-hybridized carbons (Fsp3) is 0.0625. The third-order valence-corrected chi connectivity index (χ3v) is 3.69. The van der Waals surface area contributed by atoms with E-state index < -0.39 is 5.82 Å². The number of nitrogens with zero attached hydrogens (tertiary/aromatic N) is 1. The normalized spacial score (nSPS) is 10.9. The summed E-state index contributed by atoms with van der Waals surface area (Å²) in [6.07, 6.45) is 1.87. The first-order valence-electron chi connectivity index (χ1n) is 6.17. The van der Waals surface area contributed by atoms with E-state index in [1.807, 2.05) is 35.0 Å². The van der Waals surface area contributed by atoms with Gasteiger partial charge in [-0.3, -0.25) is 4.79 Å². The molecular weight excluding hydrogens is 321 g/mol. The van der Waals surface area contributed by atoms with Crippen LogP contribution in [0.4, 0.5) is 4.39 Å². The molecule has 0 saturated heterocycles. The fourth-order valence-electron chi connectivity index (χ4n) is 2.20. The van der Waals surface area contributed by atoms with Crippen molar-refractivity contribution >= 4 is 32.6 Å². The van der Waals surface area contributed by atoms with Crippen LogP contribution in [0.5, 0.6) is 0 Å². The van der Waals surface area contributed by atoms with Crippen molar-refractivity contribution in [3.63, 3.8) is 0 Å². The molecule has 4 heteroatoms. The molecule has 0 unspecified atom stereocenters. The van der Waals surface area contributed by atoms with E-state index in [4.69, 9.17) is 0 Å². The van der Waals surface area contributed by atoms with Gasteiger partial charge in [-0.25, -0.2) is 4.39 Å². The molecule has 1 aromatic heterocycles. The van der Waals surface area contributed by atoms with Gasteiger partial charge < -0.3 is 4.57 Å². The number of aromatic nitrogens is 1. The zero-order chi connectivity index (χ0) is 14.1. The van der Waals surface area contributed by atoms with Gasteiger partial charge in [0.2, 0.25) is 0 Å². The highest BCUT2D eigenvalue weighted by Crippen LogP contribution is 2.21. The standard InChI is InChI=1S/C16H11BrFNO/c17-13-5-4-11-6-7-19(15(11)9-13)10-16(20)12-2-1-3-14(18)8-12/h1-9H,10H2. The van der Waals surface area contributed by atoms with Crippen LogP contribution < -0.4 is 0 Å². The van der Waals surface area contributed by atoms with Gasteiger partial charge in [0.05, 0.1) is 6.54 Å². The van der Waals surface area contributed by atoms with E-state index in [1.54, 1.807) is 12.1 Å². The Labute approximate surface area is 124 Å². The van der Waals surface area contributed by atoms with Crippen LogP contribution in [-0.2, 0) is 6.54 Å². The second-order valence-corrected chi connectivity index (χ2v) is 5.50. The maximum absolute atomic E-state index is 13.1. The molecule has 0 saturated carbocycles. The highest BCUT2D eigenvalue weighted by Gasteiger charge is 2.09. The fourth-order valence-corrected chi connectivity index (χ4v) is 2.55. The summed E-state index contributed by atoms with van der Waals surface area (Å²) in [5.41, 5.74) is 1.37. The van der Waals surface area contributed by atoms with E-state index in [9.17, 15) is 9.18 Å². The first-order chi connectivity index (χ1) is 9.63. The van der Waals surface area contributed by atoms with Crippen LogP contribution in [0.15, 0.2) is 59.2 Å². The number of halogens is 2. The maximum Gasteiger partial charge on any atom is 0.182 e. The second kappa shape index (κ2) is 5.21. The number of Topliss-reactive ketones (excluding diaryl/α,β-unsaturated/α-hetero) is 1. The quantitative estimate of drug-likeness (QED) is 0.651. The van der Waals surface area contributed by atoms with Crippen LogP contribution in [0.2, 0.25) is 0 Å². The van der Waals surface area contributed by atoms with Crippen molar-refractivity contribution in [1.82, 2.24) is 4.57 Å². The van der Waals surface area contributed by atoms with Gasteiger partial charge in [0.25, 0.3) is 0 Å². The predicted molar refractivity (Wildman–Crippen MR) is 80.4 cm³/mol. The van der Waals surface area contributed by atoms with Gasteiger partial charge in [0.1, 0.15) is 5.82 Å². The minimum Gasteiger partial charge on any atom is -0.340 e. The Balaban J connectivity index is 1.93. The molecule has 0 aliphatic rings. The lowest BCUT2D eigenvalue weighted by Crippen LogP contribution is -2.09. The molecule has 0 aliphatic carbocycles. The summed E-state index contributed by atoms with van der Waals surface area (Å²) in [4.78, 5) is 12.2.